The minimum absolute atomic E-state index is 0.0389. The fourth-order valence-electron chi connectivity index (χ4n) is 2.27. The molecule has 0 spiro atoms. The third-order valence-corrected chi connectivity index (χ3v) is 7.42. The highest BCUT2D eigenvalue weighted by atomic mass is 35.5. The molecule has 1 aliphatic carbocycles. The van der Waals surface area contributed by atoms with Crippen LogP contribution >= 0.6 is 23.2 Å². The Hall–Kier alpha value is -1.49. The van der Waals surface area contributed by atoms with Crippen molar-refractivity contribution in [3.8, 4) is 0 Å². The molecule has 1 aromatic carbocycles. The van der Waals surface area contributed by atoms with Crippen molar-refractivity contribution in [3.05, 3.63) is 57.0 Å². The Morgan fingerprint density at radius 1 is 1.14 bits per heavy atom. The van der Waals surface area contributed by atoms with Gasteiger partial charge in [0.1, 0.15) is 0 Å². The van der Waals surface area contributed by atoms with Gasteiger partial charge < -0.3 is 0 Å². The van der Waals surface area contributed by atoms with Gasteiger partial charge in [0.15, 0.2) is 9.84 Å². The summed E-state index contributed by atoms with van der Waals surface area (Å²) in [5.74, 6) is -0.317. The predicted molar refractivity (Wildman–Crippen MR) is 102 cm³/mol. The van der Waals surface area contributed by atoms with Gasteiger partial charge in [-0.3, -0.25) is 4.72 Å². The van der Waals surface area contributed by atoms with Crippen LogP contribution in [0.2, 0.25) is 5.02 Å². The molecule has 28 heavy (non-hydrogen) atoms. The van der Waals surface area contributed by atoms with Gasteiger partial charge in [-0.05, 0) is 30.4 Å². The van der Waals surface area contributed by atoms with E-state index in [9.17, 15) is 30.0 Å². The molecule has 0 aliphatic heterocycles. The number of halogens is 5. The van der Waals surface area contributed by atoms with Crippen LogP contribution in [0.25, 0.3) is 0 Å². The zero-order valence-electron chi connectivity index (χ0n) is 14.2. The van der Waals surface area contributed by atoms with Gasteiger partial charge in [-0.1, -0.05) is 36.2 Å². The summed E-state index contributed by atoms with van der Waals surface area (Å²) in [5.41, 5.74) is -1.66. The minimum Gasteiger partial charge on any atom is -0.278 e. The summed E-state index contributed by atoms with van der Waals surface area (Å²) < 4.78 is 91.2. The fraction of sp³-hybridized carbons (Fsp3) is 0.250. The normalized spacial score (nSPS) is 16.0. The Balaban J connectivity index is 2.57. The third-order valence-electron chi connectivity index (χ3n) is 3.67. The first kappa shape index (κ1) is 22.8. The largest absolute Gasteiger partial charge is 0.417 e. The standard InChI is InChI=1S/C16H14Cl2F3NO4S2/c1-2-27(23,24)15-7-6-10(17)8-14(15)22-28(25,26)11-4-3-5-13(18)12(9-11)16(19,20)21/h3-4,6-9,22H,2,5H2,1H3. The number of hydrogen-bond donors (Lipinski definition) is 1. The Bertz CT molecular complexity index is 1090. The number of hydrogen-bond acceptors (Lipinski definition) is 4. The summed E-state index contributed by atoms with van der Waals surface area (Å²) in [6, 6.07) is 3.45. The minimum atomic E-state index is -4.86. The molecule has 0 radical (unpaired) electrons. The number of allylic oxidation sites excluding steroid dienone is 5. The first-order valence-corrected chi connectivity index (χ1v) is 11.6. The first-order chi connectivity index (χ1) is 12.8. The van der Waals surface area contributed by atoms with Crippen molar-refractivity contribution >= 4 is 48.7 Å². The van der Waals surface area contributed by atoms with Crippen LogP contribution in [-0.2, 0) is 19.9 Å². The van der Waals surface area contributed by atoms with Crippen LogP contribution in [0.1, 0.15) is 13.3 Å². The lowest BCUT2D eigenvalue weighted by molar-refractivity contribution is -0.0886. The van der Waals surface area contributed by atoms with Crippen LogP contribution in [-0.4, -0.2) is 28.8 Å². The Morgan fingerprint density at radius 2 is 1.79 bits per heavy atom. The summed E-state index contributed by atoms with van der Waals surface area (Å²) in [6.07, 6.45) is -2.66. The van der Waals surface area contributed by atoms with Gasteiger partial charge >= 0.3 is 6.18 Å². The van der Waals surface area contributed by atoms with E-state index in [4.69, 9.17) is 23.2 Å². The Labute approximate surface area is 170 Å². The molecule has 0 heterocycles. The second kappa shape index (κ2) is 8.10. The van der Waals surface area contributed by atoms with Crippen LogP contribution in [0.3, 0.4) is 0 Å². The van der Waals surface area contributed by atoms with E-state index >= 15 is 0 Å². The van der Waals surface area contributed by atoms with Gasteiger partial charge in [0.05, 0.1) is 26.8 Å². The smallest absolute Gasteiger partial charge is 0.278 e. The lowest BCUT2D eigenvalue weighted by atomic mass is 10.2. The molecule has 0 bridgehead atoms. The average Bonchev–Trinajstić information content (AvgIpc) is 2.76. The summed E-state index contributed by atoms with van der Waals surface area (Å²) >= 11 is 11.4. The molecule has 1 aromatic rings. The topological polar surface area (TPSA) is 80.3 Å². The third kappa shape index (κ3) is 5.11. The van der Waals surface area contributed by atoms with E-state index in [0.717, 1.165) is 24.3 Å². The van der Waals surface area contributed by atoms with Crippen molar-refractivity contribution in [1.29, 1.82) is 0 Å². The highest BCUT2D eigenvalue weighted by molar-refractivity contribution is 7.96. The number of sulfone groups is 1. The second-order valence-corrected chi connectivity index (χ2v) is 10.4. The van der Waals surface area contributed by atoms with Gasteiger partial charge in [0.2, 0.25) is 0 Å². The molecule has 1 aliphatic rings. The van der Waals surface area contributed by atoms with E-state index in [1.807, 2.05) is 4.72 Å². The molecule has 0 atom stereocenters. The van der Waals surface area contributed by atoms with Gasteiger partial charge in [-0.2, -0.15) is 13.2 Å². The quantitative estimate of drug-likeness (QED) is 0.664. The van der Waals surface area contributed by atoms with E-state index < -0.39 is 41.5 Å². The molecular formula is C16H14Cl2F3NO4S2. The van der Waals surface area contributed by atoms with Gasteiger partial charge in [-0.25, -0.2) is 16.8 Å². The molecule has 154 valence electrons. The lowest BCUT2D eigenvalue weighted by Gasteiger charge is -2.14. The van der Waals surface area contributed by atoms with E-state index in [1.165, 1.54) is 13.0 Å². The summed E-state index contributed by atoms with van der Waals surface area (Å²) in [7, 11) is -8.41. The van der Waals surface area contributed by atoms with Crippen molar-refractivity contribution in [2.24, 2.45) is 0 Å². The Morgan fingerprint density at radius 3 is 2.36 bits per heavy atom. The summed E-state index contributed by atoms with van der Waals surface area (Å²) in [5, 5.41) is -0.525. The molecule has 0 amide bonds. The maximum Gasteiger partial charge on any atom is 0.417 e. The SMILES string of the molecule is CCS(=O)(=O)c1ccc(Cl)cc1NS(=O)(=O)C1=CC(C(F)(F)F)=C(Cl)CC=C1. The molecule has 0 fully saturated rings. The number of benzene rings is 1. The molecule has 0 aromatic heterocycles. The van der Waals surface area contributed by atoms with Crippen LogP contribution in [0.5, 0.6) is 0 Å². The molecule has 1 N–H and O–H groups in total. The average molecular weight is 476 g/mol. The first-order valence-electron chi connectivity index (χ1n) is 7.67. The van der Waals surface area contributed by atoms with Gasteiger partial charge in [-0.15, -0.1) is 0 Å². The van der Waals surface area contributed by atoms with E-state index in [2.05, 4.69) is 0 Å². The Kier molecular flexibility index (Phi) is 6.59. The van der Waals surface area contributed by atoms with Crippen molar-refractivity contribution < 1.29 is 30.0 Å². The van der Waals surface area contributed by atoms with Gasteiger partial charge in [0, 0.05) is 16.5 Å². The highest BCUT2D eigenvalue weighted by Gasteiger charge is 2.36. The second-order valence-electron chi connectivity index (χ2n) is 5.62. The van der Waals surface area contributed by atoms with E-state index in [0.29, 0.717) is 6.08 Å². The molecule has 0 saturated heterocycles. The number of sulfonamides is 1. The number of anilines is 1. The van der Waals surface area contributed by atoms with Crippen molar-refractivity contribution in [1.82, 2.24) is 0 Å². The monoisotopic (exact) mass is 475 g/mol. The maximum absolute atomic E-state index is 13.2. The van der Waals surface area contributed by atoms with Crippen LogP contribution in [0.15, 0.2) is 56.8 Å². The van der Waals surface area contributed by atoms with E-state index in [1.54, 1.807) is 0 Å². The highest BCUT2D eigenvalue weighted by Crippen LogP contribution is 2.36. The number of rotatable bonds is 5. The van der Waals surface area contributed by atoms with Crippen molar-refractivity contribution in [3.63, 3.8) is 0 Å². The van der Waals surface area contributed by atoms with Crippen LogP contribution < -0.4 is 4.72 Å². The number of alkyl halides is 3. The van der Waals surface area contributed by atoms with Crippen molar-refractivity contribution in [2.75, 3.05) is 10.5 Å². The molecular weight excluding hydrogens is 462 g/mol. The zero-order chi connectivity index (χ0) is 21.3. The van der Waals surface area contributed by atoms with Crippen molar-refractivity contribution in [2.45, 2.75) is 24.4 Å². The van der Waals surface area contributed by atoms with E-state index in [-0.39, 0.29) is 27.8 Å². The molecule has 0 saturated carbocycles. The molecule has 0 unspecified atom stereocenters. The summed E-state index contributed by atoms with van der Waals surface area (Å²) in [6.45, 7) is 1.36. The van der Waals surface area contributed by atoms with Crippen LogP contribution in [0.4, 0.5) is 18.9 Å². The maximum atomic E-state index is 13.2. The molecule has 12 heteroatoms. The number of nitrogens with one attached hydrogen (secondary N) is 1. The lowest BCUT2D eigenvalue weighted by Crippen LogP contribution is -2.18. The van der Waals surface area contributed by atoms with Crippen LogP contribution in [0, 0.1) is 0 Å². The molecule has 2 rings (SSSR count). The zero-order valence-corrected chi connectivity index (χ0v) is 17.4. The summed E-state index contributed by atoms with van der Waals surface area (Å²) in [4.78, 5) is -1.07. The van der Waals surface area contributed by atoms with Gasteiger partial charge in [0.25, 0.3) is 10.0 Å². The predicted octanol–water partition coefficient (Wildman–Crippen LogP) is 4.77. The molecule has 5 nitrogen and oxygen atoms in total. The fourth-order valence-corrected chi connectivity index (χ4v) is 4.92.